The van der Waals surface area contributed by atoms with Crippen LogP contribution in [0.1, 0.15) is 71.6 Å². The van der Waals surface area contributed by atoms with Crippen LogP contribution in [0.25, 0.3) is 0 Å². The van der Waals surface area contributed by atoms with Crippen LogP contribution in [-0.4, -0.2) is 97.7 Å². The first-order valence-corrected chi connectivity index (χ1v) is 15.2. The summed E-state index contributed by atoms with van der Waals surface area (Å²) in [6.45, 7) is 5.15. The van der Waals surface area contributed by atoms with E-state index in [1.165, 1.54) is 0 Å². The second-order valence-electron chi connectivity index (χ2n) is 11.0. The summed E-state index contributed by atoms with van der Waals surface area (Å²) in [5, 5.41) is 8.55. The van der Waals surface area contributed by atoms with Crippen LogP contribution in [0.5, 0.6) is 0 Å². The van der Waals surface area contributed by atoms with Gasteiger partial charge in [-0.05, 0) is 63.7 Å². The maximum atomic E-state index is 13.3. The Labute approximate surface area is 215 Å². The van der Waals surface area contributed by atoms with Gasteiger partial charge in [0, 0.05) is 38.9 Å². The third kappa shape index (κ3) is 6.16. The van der Waals surface area contributed by atoms with Crippen LogP contribution < -0.4 is 4.72 Å². The topological polar surface area (TPSA) is 125 Å². The summed E-state index contributed by atoms with van der Waals surface area (Å²) in [5.74, 6) is 0.851. The number of aliphatic hydroxyl groups excluding tert-OH is 1. The number of carbonyl (C=O) groups excluding carboxylic acids is 2. The quantitative estimate of drug-likeness (QED) is 0.538. The van der Waals surface area contributed by atoms with E-state index in [1.54, 1.807) is 6.92 Å². The number of ether oxygens (including phenoxy) is 2. The van der Waals surface area contributed by atoms with Gasteiger partial charge in [0.1, 0.15) is 6.10 Å². The third-order valence-electron chi connectivity index (χ3n) is 8.79. The summed E-state index contributed by atoms with van der Waals surface area (Å²) in [6.07, 6.45) is 6.56. The van der Waals surface area contributed by atoms with Crippen LogP contribution in [0.3, 0.4) is 0 Å². The molecule has 0 spiro atoms. The largest absolute Gasteiger partial charge is 0.446 e. The number of fused-ring (bicyclic) bond motifs is 1. The molecule has 4 atom stereocenters. The molecule has 4 aliphatic rings. The Kier molecular flexibility index (Phi) is 9.17. The first-order chi connectivity index (χ1) is 17.2. The molecular weight excluding hydrogens is 486 g/mol. The lowest BCUT2D eigenvalue weighted by Gasteiger charge is -2.54. The molecule has 2 aliphatic carbocycles. The molecule has 2 saturated heterocycles. The number of hydrogen-bond donors (Lipinski definition) is 2. The van der Waals surface area contributed by atoms with Crippen LogP contribution in [0.2, 0.25) is 0 Å². The number of carbonyl (C=O) groups is 2. The van der Waals surface area contributed by atoms with E-state index in [2.05, 4.69) is 4.72 Å². The molecule has 2 N–H and O–H groups in total. The summed E-state index contributed by atoms with van der Waals surface area (Å²) in [6, 6.07) is -0.150. The van der Waals surface area contributed by atoms with Gasteiger partial charge in [-0.3, -0.25) is 4.79 Å². The van der Waals surface area contributed by atoms with Gasteiger partial charge in [-0.15, -0.1) is 0 Å². The number of amides is 2. The molecule has 36 heavy (non-hydrogen) atoms. The van der Waals surface area contributed by atoms with Crippen LogP contribution in [0.15, 0.2) is 0 Å². The molecule has 11 heteroatoms. The van der Waals surface area contributed by atoms with E-state index in [0.29, 0.717) is 57.3 Å². The normalized spacial score (nSPS) is 34.2. The standard InChI is InChI=1S/C25H43N3O7S/c1-17-16-27(25(31)35-21-9-13-34-14-10-21)24-15-20(5-8-23(24)28(17)18(2)30)19-3-6-22(7-4-19)36(32,33)26-11-12-29/h17,19-24,26,29H,3-16H2,1-2H3/t17-,19?,20?,22?,23?,24?/m0/s1. The van der Waals surface area contributed by atoms with Crippen molar-refractivity contribution in [2.45, 2.75) is 101 Å². The van der Waals surface area contributed by atoms with Gasteiger partial charge < -0.3 is 24.4 Å². The van der Waals surface area contributed by atoms with Crippen LogP contribution in [0, 0.1) is 11.8 Å². The molecule has 0 aromatic rings. The lowest BCUT2D eigenvalue weighted by atomic mass is 9.69. The van der Waals surface area contributed by atoms with Gasteiger partial charge >= 0.3 is 6.09 Å². The minimum Gasteiger partial charge on any atom is -0.446 e. The number of hydrogen-bond acceptors (Lipinski definition) is 7. The summed E-state index contributed by atoms with van der Waals surface area (Å²) in [5.41, 5.74) is 0. The first-order valence-electron chi connectivity index (χ1n) is 13.6. The van der Waals surface area contributed by atoms with E-state index in [0.717, 1.165) is 32.1 Å². The van der Waals surface area contributed by atoms with Gasteiger partial charge in [0.25, 0.3) is 0 Å². The Balaban J connectivity index is 1.42. The van der Waals surface area contributed by atoms with Crippen LogP contribution >= 0.6 is 0 Å². The van der Waals surface area contributed by atoms with Crippen LogP contribution in [-0.2, 0) is 24.3 Å². The highest BCUT2D eigenvalue weighted by Crippen LogP contribution is 2.43. The lowest BCUT2D eigenvalue weighted by Crippen LogP contribution is -2.67. The number of rotatable bonds is 6. The summed E-state index contributed by atoms with van der Waals surface area (Å²) >= 11 is 0. The lowest BCUT2D eigenvalue weighted by molar-refractivity contribution is -0.143. The van der Waals surface area contributed by atoms with E-state index in [9.17, 15) is 18.0 Å². The smallest absolute Gasteiger partial charge is 0.410 e. The average molecular weight is 530 g/mol. The van der Waals surface area contributed by atoms with Crippen molar-refractivity contribution in [2.75, 3.05) is 32.9 Å². The Hall–Kier alpha value is -1.43. The van der Waals surface area contributed by atoms with Gasteiger partial charge in [-0.25, -0.2) is 17.9 Å². The maximum Gasteiger partial charge on any atom is 0.410 e. The minimum atomic E-state index is -3.41. The highest BCUT2D eigenvalue weighted by molar-refractivity contribution is 7.90. The summed E-state index contributed by atoms with van der Waals surface area (Å²) < 4.78 is 38.8. The Bertz CT molecular complexity index is 871. The molecule has 2 amide bonds. The summed E-state index contributed by atoms with van der Waals surface area (Å²) in [7, 11) is -3.41. The SMILES string of the molecule is CC(=O)N1C2CCC(C3CCC(S(=O)(=O)NCCO)CC3)CC2N(C(=O)OC2CCOCC2)C[C@@H]1C. The number of nitrogens with zero attached hydrogens (tertiary/aromatic N) is 2. The van der Waals surface area contributed by atoms with Gasteiger partial charge in [0.15, 0.2) is 0 Å². The molecule has 2 saturated carbocycles. The maximum absolute atomic E-state index is 13.3. The zero-order valence-corrected chi connectivity index (χ0v) is 22.5. The first kappa shape index (κ1) is 27.6. The Morgan fingerprint density at radius 3 is 2.31 bits per heavy atom. The molecule has 10 nitrogen and oxygen atoms in total. The van der Waals surface area contributed by atoms with Gasteiger partial charge in [0.05, 0.1) is 37.2 Å². The predicted octanol–water partition coefficient (Wildman–Crippen LogP) is 1.86. The molecule has 2 heterocycles. The highest BCUT2D eigenvalue weighted by atomic mass is 32.2. The molecule has 206 valence electrons. The van der Waals surface area contributed by atoms with Crippen molar-refractivity contribution in [1.82, 2.24) is 14.5 Å². The van der Waals surface area contributed by atoms with Crippen molar-refractivity contribution in [3.63, 3.8) is 0 Å². The fraction of sp³-hybridized carbons (Fsp3) is 0.920. The van der Waals surface area contributed by atoms with Crippen molar-refractivity contribution < 1.29 is 32.6 Å². The Morgan fingerprint density at radius 2 is 1.67 bits per heavy atom. The highest BCUT2D eigenvalue weighted by Gasteiger charge is 2.48. The molecular formula is C25H43N3O7S. The van der Waals surface area contributed by atoms with Crippen molar-refractivity contribution in [3.05, 3.63) is 0 Å². The molecule has 3 unspecified atom stereocenters. The van der Waals surface area contributed by atoms with E-state index < -0.39 is 15.3 Å². The van der Waals surface area contributed by atoms with Crippen molar-refractivity contribution in [1.29, 1.82) is 0 Å². The average Bonchev–Trinajstić information content (AvgIpc) is 2.87. The second-order valence-corrected chi connectivity index (χ2v) is 13.1. The van der Waals surface area contributed by atoms with Crippen LogP contribution in [0.4, 0.5) is 4.79 Å². The third-order valence-corrected chi connectivity index (χ3v) is 10.7. The van der Waals surface area contributed by atoms with E-state index in [1.807, 2.05) is 16.7 Å². The molecule has 4 rings (SSSR count). The van der Waals surface area contributed by atoms with E-state index >= 15 is 0 Å². The molecule has 0 aromatic carbocycles. The summed E-state index contributed by atoms with van der Waals surface area (Å²) in [4.78, 5) is 29.7. The molecule has 2 aliphatic heterocycles. The zero-order valence-electron chi connectivity index (χ0n) is 21.6. The minimum absolute atomic E-state index is 0.0101. The van der Waals surface area contributed by atoms with Crippen molar-refractivity contribution in [2.24, 2.45) is 11.8 Å². The molecule has 0 bridgehead atoms. The predicted molar refractivity (Wildman–Crippen MR) is 134 cm³/mol. The Morgan fingerprint density at radius 1 is 1.00 bits per heavy atom. The monoisotopic (exact) mass is 529 g/mol. The molecule has 0 radical (unpaired) electrons. The number of piperazine rings is 1. The number of nitrogens with one attached hydrogen (secondary N) is 1. The van der Waals surface area contributed by atoms with Gasteiger partial charge in [-0.1, -0.05) is 0 Å². The zero-order chi connectivity index (χ0) is 25.9. The van der Waals surface area contributed by atoms with Gasteiger partial charge in [0.2, 0.25) is 15.9 Å². The van der Waals surface area contributed by atoms with Crippen molar-refractivity contribution >= 4 is 22.0 Å². The van der Waals surface area contributed by atoms with E-state index in [4.69, 9.17) is 14.6 Å². The second kappa shape index (κ2) is 12.0. The van der Waals surface area contributed by atoms with E-state index in [-0.39, 0.29) is 49.4 Å². The van der Waals surface area contributed by atoms with Crippen molar-refractivity contribution in [3.8, 4) is 0 Å². The van der Waals surface area contributed by atoms with Gasteiger partial charge in [-0.2, -0.15) is 0 Å². The fourth-order valence-electron chi connectivity index (χ4n) is 7.02. The molecule has 0 aromatic heterocycles. The number of sulfonamides is 1. The number of aliphatic hydroxyl groups is 1. The molecule has 4 fully saturated rings. The fourth-order valence-corrected chi connectivity index (χ4v) is 8.52.